The van der Waals surface area contributed by atoms with Crippen molar-refractivity contribution in [1.82, 2.24) is 14.3 Å². The van der Waals surface area contributed by atoms with E-state index in [1.807, 2.05) is 35.0 Å². The lowest BCUT2D eigenvalue weighted by Crippen LogP contribution is -2.24. The Morgan fingerprint density at radius 2 is 2.00 bits per heavy atom. The summed E-state index contributed by atoms with van der Waals surface area (Å²) in [5.41, 5.74) is 1.02. The Morgan fingerprint density at radius 3 is 2.68 bits per heavy atom. The highest BCUT2D eigenvalue weighted by Crippen LogP contribution is 2.16. The number of ether oxygens (including phenoxy) is 1. The van der Waals surface area contributed by atoms with Crippen LogP contribution in [0.3, 0.4) is 0 Å². The van der Waals surface area contributed by atoms with E-state index in [0.29, 0.717) is 17.4 Å². The van der Waals surface area contributed by atoms with Gasteiger partial charge in [-0.3, -0.25) is 0 Å². The number of hydrogen-bond donors (Lipinski definition) is 1. The zero-order chi connectivity index (χ0) is 17.5. The Hall–Kier alpha value is -2.16. The lowest BCUT2D eigenvalue weighted by Gasteiger charge is -2.08. The fraction of sp³-hybridized carbons (Fsp3) is 0.235. The third-order valence-electron chi connectivity index (χ3n) is 3.53. The van der Waals surface area contributed by atoms with Crippen LogP contribution in [-0.4, -0.2) is 31.1 Å². The van der Waals surface area contributed by atoms with Gasteiger partial charge in [-0.15, -0.1) is 11.3 Å². The molecular formula is C17H19N3O3S2. The quantitative estimate of drug-likeness (QED) is 0.582. The van der Waals surface area contributed by atoms with E-state index in [4.69, 9.17) is 4.74 Å². The highest BCUT2D eigenvalue weighted by Gasteiger charge is 2.13. The topological polar surface area (TPSA) is 73.2 Å². The Balaban J connectivity index is 1.36. The largest absolute Gasteiger partial charge is 0.494 e. The third kappa shape index (κ3) is 4.91. The molecule has 6 nitrogen and oxygen atoms in total. The normalized spacial score (nSPS) is 11.5. The van der Waals surface area contributed by atoms with Crippen molar-refractivity contribution in [1.29, 1.82) is 0 Å². The number of nitrogens with zero attached hydrogens (tertiary/aromatic N) is 2. The van der Waals surface area contributed by atoms with Crippen LogP contribution in [-0.2, 0) is 10.0 Å². The van der Waals surface area contributed by atoms with Gasteiger partial charge < -0.3 is 9.30 Å². The van der Waals surface area contributed by atoms with E-state index in [0.717, 1.165) is 24.3 Å². The maximum atomic E-state index is 11.9. The van der Waals surface area contributed by atoms with Crippen LogP contribution < -0.4 is 9.46 Å². The van der Waals surface area contributed by atoms with E-state index < -0.39 is 10.0 Å². The second kappa shape index (κ2) is 8.28. The van der Waals surface area contributed by atoms with E-state index in [1.54, 1.807) is 30.0 Å². The lowest BCUT2D eigenvalue weighted by molar-refractivity contribution is 0.307. The van der Waals surface area contributed by atoms with Crippen LogP contribution in [0, 0.1) is 0 Å². The minimum Gasteiger partial charge on any atom is -0.494 e. The van der Waals surface area contributed by atoms with Crippen LogP contribution >= 0.6 is 11.3 Å². The Morgan fingerprint density at radius 1 is 1.16 bits per heavy atom. The number of hydrogen-bond acceptors (Lipinski definition) is 5. The van der Waals surface area contributed by atoms with Gasteiger partial charge in [0, 0.05) is 24.6 Å². The standard InChI is InChI=1S/C17H19N3O3S2/c21-25(22,17-4-3-13-24-17)19-9-1-2-12-23-16-7-5-15(6-8-16)20-11-10-18-14-20/h3-8,10-11,13-14,19H,1-2,9,12H2. The molecule has 0 saturated carbocycles. The van der Waals surface area contributed by atoms with Crippen LogP contribution in [0.2, 0.25) is 0 Å². The van der Waals surface area contributed by atoms with Crippen molar-refractivity contribution in [2.75, 3.05) is 13.2 Å². The van der Waals surface area contributed by atoms with Gasteiger partial charge in [0.15, 0.2) is 0 Å². The highest BCUT2D eigenvalue weighted by atomic mass is 32.2. The zero-order valence-electron chi connectivity index (χ0n) is 13.5. The van der Waals surface area contributed by atoms with Crippen molar-refractivity contribution >= 4 is 21.4 Å². The molecule has 0 aliphatic carbocycles. The molecule has 0 aliphatic heterocycles. The molecule has 0 saturated heterocycles. The first-order chi connectivity index (χ1) is 12.1. The van der Waals surface area contributed by atoms with Crippen LogP contribution in [0.15, 0.2) is 64.7 Å². The van der Waals surface area contributed by atoms with E-state index in [-0.39, 0.29) is 0 Å². The summed E-state index contributed by atoms with van der Waals surface area (Å²) in [5.74, 6) is 0.794. The summed E-state index contributed by atoms with van der Waals surface area (Å²) < 4.78 is 34.4. The highest BCUT2D eigenvalue weighted by molar-refractivity contribution is 7.91. The maximum absolute atomic E-state index is 11.9. The Bertz CT molecular complexity index is 859. The third-order valence-corrected chi connectivity index (χ3v) is 6.39. The molecule has 0 fully saturated rings. The van der Waals surface area contributed by atoms with E-state index in [1.165, 1.54) is 11.3 Å². The monoisotopic (exact) mass is 377 g/mol. The number of rotatable bonds is 9. The molecule has 2 aromatic heterocycles. The molecule has 0 aliphatic rings. The summed E-state index contributed by atoms with van der Waals surface area (Å²) in [7, 11) is -3.36. The molecule has 2 heterocycles. The zero-order valence-corrected chi connectivity index (χ0v) is 15.2. The predicted molar refractivity (Wildman–Crippen MR) is 97.8 cm³/mol. The lowest BCUT2D eigenvalue weighted by atomic mass is 10.3. The summed E-state index contributed by atoms with van der Waals surface area (Å²) in [6.45, 7) is 0.953. The fourth-order valence-electron chi connectivity index (χ4n) is 2.24. The fourth-order valence-corrected chi connectivity index (χ4v) is 4.35. The number of aromatic nitrogens is 2. The smallest absolute Gasteiger partial charge is 0.250 e. The van der Waals surface area contributed by atoms with Crippen molar-refractivity contribution in [3.63, 3.8) is 0 Å². The summed E-state index contributed by atoms with van der Waals surface area (Å²) >= 11 is 1.21. The second-order valence-corrected chi connectivity index (χ2v) is 8.29. The molecule has 1 aromatic carbocycles. The van der Waals surface area contributed by atoms with Gasteiger partial charge in [0.05, 0.1) is 12.9 Å². The molecule has 0 bridgehead atoms. The molecule has 3 aromatic rings. The van der Waals surface area contributed by atoms with E-state index in [9.17, 15) is 8.42 Å². The first-order valence-corrected chi connectivity index (χ1v) is 10.3. The summed E-state index contributed by atoms with van der Waals surface area (Å²) in [6, 6.07) is 11.1. The van der Waals surface area contributed by atoms with Gasteiger partial charge in [0.2, 0.25) is 10.0 Å². The van der Waals surface area contributed by atoms with E-state index in [2.05, 4.69) is 9.71 Å². The summed E-state index contributed by atoms with van der Waals surface area (Å²) in [6.07, 6.45) is 6.85. The van der Waals surface area contributed by atoms with Crippen LogP contribution in [0.25, 0.3) is 5.69 Å². The number of unbranched alkanes of at least 4 members (excludes halogenated alkanes) is 1. The second-order valence-electron chi connectivity index (χ2n) is 5.35. The van der Waals surface area contributed by atoms with Crippen LogP contribution in [0.5, 0.6) is 5.75 Å². The number of imidazole rings is 1. The molecule has 1 N–H and O–H groups in total. The predicted octanol–water partition coefficient (Wildman–Crippen LogP) is 3.07. The van der Waals surface area contributed by atoms with Crippen molar-refractivity contribution in [3.05, 3.63) is 60.5 Å². The van der Waals surface area contributed by atoms with Gasteiger partial charge >= 0.3 is 0 Å². The van der Waals surface area contributed by atoms with Crippen LogP contribution in [0.1, 0.15) is 12.8 Å². The van der Waals surface area contributed by atoms with Crippen LogP contribution in [0.4, 0.5) is 0 Å². The van der Waals surface area contributed by atoms with Crippen molar-refractivity contribution in [3.8, 4) is 11.4 Å². The molecule has 3 rings (SSSR count). The molecule has 132 valence electrons. The first kappa shape index (κ1) is 17.7. The average molecular weight is 377 g/mol. The number of nitrogens with one attached hydrogen (secondary N) is 1. The van der Waals surface area contributed by atoms with Gasteiger partial charge in [-0.05, 0) is 48.6 Å². The van der Waals surface area contributed by atoms with Gasteiger partial charge in [0.25, 0.3) is 0 Å². The van der Waals surface area contributed by atoms with Crippen molar-refractivity contribution in [2.45, 2.75) is 17.1 Å². The summed E-state index contributed by atoms with van der Waals surface area (Å²) in [5, 5.41) is 1.75. The molecule has 0 radical (unpaired) electrons. The van der Waals surface area contributed by atoms with Crippen molar-refractivity contribution in [2.24, 2.45) is 0 Å². The summed E-state index contributed by atoms with van der Waals surface area (Å²) in [4.78, 5) is 4.02. The molecule has 0 atom stereocenters. The Kier molecular flexibility index (Phi) is 5.85. The molecular weight excluding hydrogens is 358 g/mol. The minimum absolute atomic E-state index is 0.349. The molecule has 8 heteroatoms. The van der Waals surface area contributed by atoms with Gasteiger partial charge in [-0.1, -0.05) is 6.07 Å². The van der Waals surface area contributed by atoms with Gasteiger partial charge in [-0.25, -0.2) is 18.1 Å². The average Bonchev–Trinajstić information content (AvgIpc) is 3.32. The molecule has 0 spiro atoms. The molecule has 25 heavy (non-hydrogen) atoms. The first-order valence-electron chi connectivity index (χ1n) is 7.89. The number of thiophene rings is 1. The minimum atomic E-state index is -3.36. The van der Waals surface area contributed by atoms with Crippen molar-refractivity contribution < 1.29 is 13.2 Å². The van der Waals surface area contributed by atoms with E-state index >= 15 is 0 Å². The van der Waals surface area contributed by atoms with Gasteiger partial charge in [-0.2, -0.15) is 0 Å². The number of sulfonamides is 1. The SMILES string of the molecule is O=S(=O)(NCCCCOc1ccc(-n2ccnc2)cc1)c1cccs1. The molecule has 0 unspecified atom stereocenters. The maximum Gasteiger partial charge on any atom is 0.250 e. The number of benzene rings is 1. The van der Waals surface area contributed by atoms with Gasteiger partial charge in [0.1, 0.15) is 9.96 Å². The molecule has 0 amide bonds. The Labute approximate surface area is 151 Å².